The summed E-state index contributed by atoms with van der Waals surface area (Å²) in [5, 5.41) is 3.47. The van der Waals surface area contributed by atoms with Gasteiger partial charge in [0, 0.05) is 6.54 Å². The van der Waals surface area contributed by atoms with Crippen LogP contribution in [-0.2, 0) is 0 Å². The van der Waals surface area contributed by atoms with Crippen molar-refractivity contribution in [2.45, 2.75) is 32.6 Å². The summed E-state index contributed by atoms with van der Waals surface area (Å²) in [7, 11) is 0. The highest BCUT2D eigenvalue weighted by atomic mass is 14.9. The molecule has 1 saturated carbocycles. The lowest BCUT2D eigenvalue weighted by Crippen LogP contribution is -2.23. The highest BCUT2D eigenvalue weighted by Crippen LogP contribution is 2.43. The van der Waals surface area contributed by atoms with Crippen LogP contribution in [0.2, 0.25) is 0 Å². The fourth-order valence-corrected chi connectivity index (χ4v) is 1.17. The number of unbranched alkanes of at least 4 members (excludes halogenated alkanes) is 1. The third-order valence-corrected chi connectivity index (χ3v) is 2.46. The zero-order valence-electron chi connectivity index (χ0n) is 7.53. The minimum atomic E-state index is 0.655. The first-order chi connectivity index (χ1) is 5.27. The Morgan fingerprint density at radius 1 is 1.36 bits per heavy atom. The first kappa shape index (κ1) is 9.01. The Morgan fingerprint density at radius 2 is 2.09 bits per heavy atom. The fourth-order valence-electron chi connectivity index (χ4n) is 1.17. The highest BCUT2D eigenvalue weighted by Gasteiger charge is 2.36. The monoisotopic (exact) mass is 156 g/mol. The summed E-state index contributed by atoms with van der Waals surface area (Å²) >= 11 is 0. The summed E-state index contributed by atoms with van der Waals surface area (Å²) in [6, 6.07) is 0. The molecule has 0 bridgehead atoms. The van der Waals surface area contributed by atoms with E-state index in [0.29, 0.717) is 5.41 Å². The topological polar surface area (TPSA) is 38.0 Å². The molecule has 11 heavy (non-hydrogen) atoms. The van der Waals surface area contributed by atoms with E-state index >= 15 is 0 Å². The molecule has 0 heterocycles. The van der Waals surface area contributed by atoms with Crippen LogP contribution in [0.5, 0.6) is 0 Å². The molecule has 1 rings (SSSR count). The summed E-state index contributed by atoms with van der Waals surface area (Å²) in [6.07, 6.45) is 5.21. The lowest BCUT2D eigenvalue weighted by molar-refractivity contribution is 0.491. The lowest BCUT2D eigenvalue weighted by atomic mass is 10.1. The maximum absolute atomic E-state index is 5.38. The SMILES string of the molecule is CC1(CNCCCCN)CC1. The van der Waals surface area contributed by atoms with E-state index in [1.54, 1.807) is 0 Å². The Balaban J connectivity index is 1.81. The first-order valence-electron chi connectivity index (χ1n) is 4.68. The van der Waals surface area contributed by atoms with Crippen molar-refractivity contribution >= 4 is 0 Å². The molecule has 66 valence electrons. The molecule has 0 radical (unpaired) electrons. The lowest BCUT2D eigenvalue weighted by Gasteiger charge is -2.08. The quantitative estimate of drug-likeness (QED) is 0.565. The average Bonchev–Trinajstić information content (AvgIpc) is 2.69. The maximum atomic E-state index is 5.38. The van der Waals surface area contributed by atoms with Gasteiger partial charge in [-0.25, -0.2) is 0 Å². The molecule has 0 saturated heterocycles. The van der Waals surface area contributed by atoms with Crippen molar-refractivity contribution in [2.24, 2.45) is 11.1 Å². The van der Waals surface area contributed by atoms with Gasteiger partial charge in [0.1, 0.15) is 0 Å². The van der Waals surface area contributed by atoms with E-state index in [1.807, 2.05) is 0 Å². The number of nitrogens with one attached hydrogen (secondary N) is 1. The largest absolute Gasteiger partial charge is 0.330 e. The molecule has 0 aromatic carbocycles. The molecular weight excluding hydrogens is 136 g/mol. The van der Waals surface area contributed by atoms with Gasteiger partial charge in [-0.3, -0.25) is 0 Å². The van der Waals surface area contributed by atoms with Gasteiger partial charge < -0.3 is 11.1 Å². The third kappa shape index (κ3) is 3.73. The van der Waals surface area contributed by atoms with Gasteiger partial charge in [0.05, 0.1) is 0 Å². The minimum Gasteiger partial charge on any atom is -0.330 e. The predicted octanol–water partition coefficient (Wildman–Crippen LogP) is 1.11. The number of hydrogen-bond acceptors (Lipinski definition) is 2. The van der Waals surface area contributed by atoms with Gasteiger partial charge in [0.25, 0.3) is 0 Å². The Bertz CT molecular complexity index is 108. The van der Waals surface area contributed by atoms with Gasteiger partial charge in [-0.2, -0.15) is 0 Å². The normalized spacial score (nSPS) is 20.2. The van der Waals surface area contributed by atoms with Crippen LogP contribution < -0.4 is 11.1 Å². The van der Waals surface area contributed by atoms with Gasteiger partial charge in [-0.1, -0.05) is 6.92 Å². The van der Waals surface area contributed by atoms with Crippen LogP contribution in [0.4, 0.5) is 0 Å². The van der Waals surface area contributed by atoms with Crippen molar-refractivity contribution in [3.8, 4) is 0 Å². The van der Waals surface area contributed by atoms with E-state index < -0.39 is 0 Å². The van der Waals surface area contributed by atoms with Gasteiger partial charge >= 0.3 is 0 Å². The standard InChI is InChI=1S/C9H20N2/c1-9(4-5-9)8-11-7-3-2-6-10/h11H,2-8,10H2,1H3. The van der Waals surface area contributed by atoms with Gasteiger partial charge in [0.2, 0.25) is 0 Å². The van der Waals surface area contributed by atoms with Crippen LogP contribution in [-0.4, -0.2) is 19.6 Å². The maximum Gasteiger partial charge on any atom is 0.000517 e. The number of rotatable bonds is 6. The molecule has 0 aromatic heterocycles. The molecule has 1 fully saturated rings. The van der Waals surface area contributed by atoms with Crippen molar-refractivity contribution in [1.82, 2.24) is 5.32 Å². The molecule has 2 heteroatoms. The molecule has 0 aromatic rings. The van der Waals surface area contributed by atoms with E-state index in [1.165, 1.54) is 25.8 Å². The summed E-state index contributed by atoms with van der Waals surface area (Å²) in [5.41, 5.74) is 6.04. The van der Waals surface area contributed by atoms with Crippen molar-refractivity contribution in [1.29, 1.82) is 0 Å². The van der Waals surface area contributed by atoms with Crippen LogP contribution >= 0.6 is 0 Å². The van der Waals surface area contributed by atoms with Crippen LogP contribution in [0, 0.1) is 5.41 Å². The second-order valence-electron chi connectivity index (χ2n) is 3.98. The van der Waals surface area contributed by atoms with Gasteiger partial charge in [0.15, 0.2) is 0 Å². The van der Waals surface area contributed by atoms with Crippen LogP contribution in [0.15, 0.2) is 0 Å². The molecule has 0 amide bonds. The smallest absolute Gasteiger partial charge is 0.000517 e. The average molecular weight is 156 g/mol. The second kappa shape index (κ2) is 4.07. The van der Waals surface area contributed by atoms with Gasteiger partial charge in [-0.05, 0) is 44.2 Å². The second-order valence-corrected chi connectivity index (χ2v) is 3.98. The molecule has 1 aliphatic carbocycles. The predicted molar refractivity (Wildman–Crippen MR) is 48.5 cm³/mol. The molecule has 2 nitrogen and oxygen atoms in total. The summed E-state index contributed by atoms with van der Waals surface area (Å²) < 4.78 is 0. The summed E-state index contributed by atoms with van der Waals surface area (Å²) in [6.45, 7) is 5.53. The van der Waals surface area contributed by atoms with Gasteiger partial charge in [-0.15, -0.1) is 0 Å². The summed E-state index contributed by atoms with van der Waals surface area (Å²) in [4.78, 5) is 0. The molecular formula is C9H20N2. The fraction of sp³-hybridized carbons (Fsp3) is 1.00. The number of hydrogen-bond donors (Lipinski definition) is 2. The molecule has 0 atom stereocenters. The Morgan fingerprint density at radius 3 is 2.64 bits per heavy atom. The van der Waals surface area contributed by atoms with Crippen LogP contribution in [0.1, 0.15) is 32.6 Å². The molecule has 3 N–H and O–H groups in total. The van der Waals surface area contributed by atoms with Crippen molar-refractivity contribution in [3.05, 3.63) is 0 Å². The zero-order chi connectivity index (χ0) is 8.16. The Hall–Kier alpha value is -0.0800. The Labute approximate surface area is 69.5 Å². The van der Waals surface area contributed by atoms with Crippen LogP contribution in [0.25, 0.3) is 0 Å². The van der Waals surface area contributed by atoms with E-state index in [9.17, 15) is 0 Å². The Kier molecular flexibility index (Phi) is 3.34. The molecule has 0 unspecified atom stereocenters. The highest BCUT2D eigenvalue weighted by molar-refractivity contribution is 4.90. The van der Waals surface area contributed by atoms with E-state index in [0.717, 1.165) is 19.5 Å². The van der Waals surface area contributed by atoms with Crippen LogP contribution in [0.3, 0.4) is 0 Å². The summed E-state index contributed by atoms with van der Waals surface area (Å²) in [5.74, 6) is 0. The van der Waals surface area contributed by atoms with Crippen molar-refractivity contribution in [2.75, 3.05) is 19.6 Å². The third-order valence-electron chi connectivity index (χ3n) is 2.46. The molecule has 0 aliphatic heterocycles. The molecule has 1 aliphatic rings. The van der Waals surface area contributed by atoms with E-state index in [-0.39, 0.29) is 0 Å². The first-order valence-corrected chi connectivity index (χ1v) is 4.68. The molecule has 0 spiro atoms. The number of nitrogens with two attached hydrogens (primary N) is 1. The zero-order valence-corrected chi connectivity index (χ0v) is 7.53. The van der Waals surface area contributed by atoms with E-state index in [4.69, 9.17) is 5.73 Å². The van der Waals surface area contributed by atoms with Crippen molar-refractivity contribution < 1.29 is 0 Å². The van der Waals surface area contributed by atoms with Crippen molar-refractivity contribution in [3.63, 3.8) is 0 Å². The van der Waals surface area contributed by atoms with E-state index in [2.05, 4.69) is 12.2 Å². The minimum absolute atomic E-state index is 0.655.